The Kier molecular flexibility index (Phi) is 7.52. The molecule has 1 heterocycles. The number of carbonyl (C=O) groups excluding carboxylic acids is 2. The third kappa shape index (κ3) is 5.98. The molecule has 1 aliphatic heterocycles. The van der Waals surface area contributed by atoms with Crippen LogP contribution in [0.5, 0.6) is 5.75 Å². The smallest absolute Gasteiger partial charge is 0.277 e. The number of likely N-dealkylation sites (N-methyl/N-ethyl adjacent to an activating group) is 1. The highest BCUT2D eigenvalue weighted by Gasteiger charge is 2.24. The van der Waals surface area contributed by atoms with Crippen molar-refractivity contribution in [1.29, 1.82) is 0 Å². The van der Waals surface area contributed by atoms with Crippen LogP contribution in [0.2, 0.25) is 0 Å². The second kappa shape index (κ2) is 10.3. The minimum absolute atomic E-state index is 0.0125. The molecule has 2 aromatic rings. The average Bonchev–Trinajstić information content (AvgIpc) is 2.77. The molecule has 3 rings (SSSR count). The Morgan fingerprint density at radius 3 is 2.39 bits per heavy atom. The van der Waals surface area contributed by atoms with Gasteiger partial charge < -0.3 is 24.8 Å². The summed E-state index contributed by atoms with van der Waals surface area (Å²) >= 11 is 0. The second-order valence-corrected chi connectivity index (χ2v) is 8.18. The van der Waals surface area contributed by atoms with Crippen molar-refractivity contribution in [3.63, 3.8) is 0 Å². The average molecular weight is 426 g/mol. The lowest BCUT2D eigenvalue weighted by Gasteiger charge is -2.34. The van der Waals surface area contributed by atoms with E-state index in [2.05, 4.69) is 16.3 Å². The lowest BCUT2D eigenvalue weighted by molar-refractivity contribution is -0.892. The van der Waals surface area contributed by atoms with Gasteiger partial charge in [-0.15, -0.1) is 0 Å². The first-order chi connectivity index (χ1) is 14.9. The summed E-state index contributed by atoms with van der Waals surface area (Å²) in [5.74, 6) is 0.663. The van der Waals surface area contributed by atoms with E-state index in [1.807, 2.05) is 50.2 Å². The van der Waals surface area contributed by atoms with Crippen molar-refractivity contribution in [3.8, 4) is 5.75 Å². The summed E-state index contributed by atoms with van der Waals surface area (Å²) in [6.45, 7) is 7.91. The van der Waals surface area contributed by atoms with E-state index in [4.69, 9.17) is 4.74 Å². The fourth-order valence-corrected chi connectivity index (χ4v) is 3.91. The van der Waals surface area contributed by atoms with Gasteiger partial charge in [0.2, 0.25) is 5.91 Å². The number of methoxy groups -OCH3 is 1. The number of piperazine rings is 1. The van der Waals surface area contributed by atoms with Crippen LogP contribution in [0.4, 0.5) is 11.4 Å². The molecule has 0 aromatic heterocycles. The van der Waals surface area contributed by atoms with Crippen LogP contribution in [0.1, 0.15) is 11.1 Å². The van der Waals surface area contributed by atoms with Gasteiger partial charge in [0.05, 0.1) is 39.8 Å². The number of quaternary nitrogens is 1. The highest BCUT2D eigenvalue weighted by Crippen LogP contribution is 2.21. The van der Waals surface area contributed by atoms with Crippen LogP contribution < -0.4 is 19.9 Å². The number of anilines is 2. The lowest BCUT2D eigenvalue weighted by atomic mass is 10.1. The Morgan fingerprint density at radius 2 is 1.74 bits per heavy atom. The highest BCUT2D eigenvalue weighted by atomic mass is 16.5. The zero-order chi connectivity index (χ0) is 22.4. The molecule has 7 nitrogen and oxygen atoms in total. The Labute approximate surface area is 184 Å². The molecule has 7 heteroatoms. The predicted octanol–water partition coefficient (Wildman–Crippen LogP) is 1.11. The van der Waals surface area contributed by atoms with Gasteiger partial charge in [-0.25, -0.2) is 0 Å². The van der Waals surface area contributed by atoms with Gasteiger partial charge in [0.15, 0.2) is 6.54 Å². The quantitative estimate of drug-likeness (QED) is 0.698. The van der Waals surface area contributed by atoms with Crippen molar-refractivity contribution in [3.05, 3.63) is 53.6 Å². The number of hydrogen-bond donors (Lipinski definition) is 2. The fourth-order valence-electron chi connectivity index (χ4n) is 3.91. The van der Waals surface area contributed by atoms with Crippen LogP contribution in [0, 0.1) is 13.8 Å². The molecule has 1 saturated heterocycles. The molecule has 0 atom stereocenters. The van der Waals surface area contributed by atoms with Gasteiger partial charge in [-0.2, -0.15) is 0 Å². The number of amides is 2. The van der Waals surface area contributed by atoms with Crippen LogP contribution in [-0.4, -0.2) is 70.1 Å². The van der Waals surface area contributed by atoms with E-state index in [1.54, 1.807) is 14.2 Å². The molecule has 2 N–H and O–H groups in total. The molecule has 0 spiro atoms. The zero-order valence-electron chi connectivity index (χ0n) is 18.9. The van der Waals surface area contributed by atoms with Crippen LogP contribution in [-0.2, 0) is 9.59 Å². The third-order valence-corrected chi connectivity index (χ3v) is 5.84. The van der Waals surface area contributed by atoms with Gasteiger partial charge in [0, 0.05) is 24.5 Å². The second-order valence-electron chi connectivity index (χ2n) is 8.18. The topological polar surface area (TPSA) is 66.3 Å². The number of nitrogens with one attached hydrogen (secondary N) is 2. The minimum Gasteiger partial charge on any atom is -0.497 e. The number of hydrogen-bond acceptors (Lipinski definition) is 4. The summed E-state index contributed by atoms with van der Waals surface area (Å²) in [6, 6.07) is 14.0. The molecule has 1 aliphatic rings. The van der Waals surface area contributed by atoms with Crippen molar-refractivity contribution in [1.82, 2.24) is 4.90 Å². The standard InChI is InChI=1S/C24H32N4O3/c1-18-7-5-8-19(2)24(18)25-22(29)16-26(3)23(30)17-27-11-13-28(14-12-27)20-9-6-10-21(15-20)31-4/h5-10,15H,11-14,16-17H2,1-4H3,(H,25,29)/p+1. The Morgan fingerprint density at radius 1 is 1.10 bits per heavy atom. The largest absolute Gasteiger partial charge is 0.497 e. The fraction of sp³-hybridized carbons (Fsp3) is 0.417. The number of ether oxygens (including phenoxy) is 1. The number of rotatable bonds is 7. The molecule has 2 aromatic carbocycles. The van der Waals surface area contributed by atoms with E-state index in [9.17, 15) is 9.59 Å². The van der Waals surface area contributed by atoms with Crippen LogP contribution in [0.3, 0.4) is 0 Å². The van der Waals surface area contributed by atoms with Crippen molar-refractivity contribution >= 4 is 23.2 Å². The maximum Gasteiger partial charge on any atom is 0.277 e. The van der Waals surface area contributed by atoms with E-state index in [-0.39, 0.29) is 18.4 Å². The molecule has 1 fully saturated rings. The Bertz CT molecular complexity index is 903. The Balaban J connectivity index is 1.46. The van der Waals surface area contributed by atoms with Gasteiger partial charge in [-0.05, 0) is 37.1 Å². The summed E-state index contributed by atoms with van der Waals surface area (Å²) in [7, 11) is 3.37. The molecule has 0 radical (unpaired) electrons. The molecule has 166 valence electrons. The van der Waals surface area contributed by atoms with Gasteiger partial charge in [0.1, 0.15) is 5.75 Å². The summed E-state index contributed by atoms with van der Waals surface area (Å²) < 4.78 is 5.31. The number of para-hydroxylation sites is 1. The molecule has 0 saturated carbocycles. The molecule has 0 unspecified atom stereocenters. The third-order valence-electron chi connectivity index (χ3n) is 5.84. The number of aryl methyl sites for hydroxylation is 2. The van der Waals surface area contributed by atoms with E-state index in [0.29, 0.717) is 6.54 Å². The summed E-state index contributed by atoms with van der Waals surface area (Å²) in [5.41, 5.74) is 4.00. The SMILES string of the molecule is COc1cccc(N2CC[NH+](CC(=O)N(C)CC(=O)Nc3c(C)cccc3C)CC2)c1. The van der Waals surface area contributed by atoms with Crippen molar-refractivity contribution in [2.45, 2.75) is 13.8 Å². The van der Waals surface area contributed by atoms with Crippen molar-refractivity contribution in [2.24, 2.45) is 0 Å². The normalized spacial score (nSPS) is 14.3. The molecular formula is C24H33N4O3+. The predicted molar refractivity (Wildman–Crippen MR) is 123 cm³/mol. The van der Waals surface area contributed by atoms with E-state index in [1.165, 1.54) is 9.80 Å². The van der Waals surface area contributed by atoms with Crippen LogP contribution in [0.25, 0.3) is 0 Å². The minimum atomic E-state index is -0.175. The number of nitrogens with zero attached hydrogens (tertiary/aromatic N) is 2. The number of benzene rings is 2. The van der Waals surface area contributed by atoms with E-state index < -0.39 is 0 Å². The first-order valence-electron chi connectivity index (χ1n) is 10.7. The van der Waals surface area contributed by atoms with E-state index >= 15 is 0 Å². The maximum absolute atomic E-state index is 12.7. The first-order valence-corrected chi connectivity index (χ1v) is 10.7. The summed E-state index contributed by atoms with van der Waals surface area (Å²) in [6.07, 6.45) is 0. The Hall–Kier alpha value is -3.06. The molecular weight excluding hydrogens is 392 g/mol. The summed E-state index contributed by atoms with van der Waals surface area (Å²) in [4.78, 5) is 30.2. The van der Waals surface area contributed by atoms with Gasteiger partial charge in [0.25, 0.3) is 5.91 Å². The molecule has 31 heavy (non-hydrogen) atoms. The number of carbonyl (C=O) groups is 2. The highest BCUT2D eigenvalue weighted by molar-refractivity contribution is 5.95. The van der Waals surface area contributed by atoms with Gasteiger partial charge in [-0.3, -0.25) is 9.59 Å². The molecule has 0 bridgehead atoms. The van der Waals surface area contributed by atoms with Gasteiger partial charge >= 0.3 is 0 Å². The van der Waals surface area contributed by atoms with E-state index in [0.717, 1.165) is 54.4 Å². The zero-order valence-corrected chi connectivity index (χ0v) is 18.9. The first kappa shape index (κ1) is 22.6. The molecule has 2 amide bonds. The monoisotopic (exact) mass is 425 g/mol. The van der Waals surface area contributed by atoms with Crippen LogP contribution in [0.15, 0.2) is 42.5 Å². The summed E-state index contributed by atoms with van der Waals surface area (Å²) in [5, 5.41) is 2.94. The maximum atomic E-state index is 12.7. The molecule has 0 aliphatic carbocycles. The van der Waals surface area contributed by atoms with Gasteiger partial charge in [-0.1, -0.05) is 24.3 Å². The van der Waals surface area contributed by atoms with Crippen molar-refractivity contribution < 1.29 is 19.2 Å². The lowest BCUT2D eigenvalue weighted by Crippen LogP contribution is -3.15. The van der Waals surface area contributed by atoms with Crippen molar-refractivity contribution in [2.75, 3.05) is 63.6 Å². The van der Waals surface area contributed by atoms with Crippen LogP contribution >= 0.6 is 0 Å².